The van der Waals surface area contributed by atoms with Crippen LogP contribution in [0.1, 0.15) is 78.0 Å². The molecule has 1 aliphatic rings. The van der Waals surface area contributed by atoms with Crippen LogP contribution in [-0.2, 0) is 6.18 Å². The molecule has 2 aromatic carbocycles. The number of halogens is 3. The van der Waals surface area contributed by atoms with Crippen molar-refractivity contribution in [1.82, 2.24) is 15.2 Å². The number of aryl methyl sites for hydroxylation is 1. The minimum atomic E-state index is -4.21. The summed E-state index contributed by atoms with van der Waals surface area (Å²) >= 11 is 0. The topological polar surface area (TPSA) is 84.7 Å². The van der Waals surface area contributed by atoms with Gasteiger partial charge >= 0.3 is 6.18 Å². The molecule has 0 spiro atoms. The van der Waals surface area contributed by atoms with Crippen molar-refractivity contribution < 1.29 is 31.9 Å². The van der Waals surface area contributed by atoms with E-state index in [-0.39, 0.29) is 29.7 Å². The number of hydrogen-bond donors (Lipinski definition) is 1. The van der Waals surface area contributed by atoms with Crippen LogP contribution in [0.25, 0.3) is 11.0 Å². The molecule has 1 atom stereocenters. The summed E-state index contributed by atoms with van der Waals surface area (Å²) in [5.41, 5.74) is 1.49. The first-order valence-electron chi connectivity index (χ1n) is 14.9. The van der Waals surface area contributed by atoms with Crippen molar-refractivity contribution in [3.63, 3.8) is 0 Å². The lowest BCUT2D eigenvalue weighted by atomic mass is 10.1. The maximum atomic E-state index is 12.8. The summed E-state index contributed by atoms with van der Waals surface area (Å²) in [6.07, 6.45) is 4.10. The van der Waals surface area contributed by atoms with Gasteiger partial charge in [0.05, 0.1) is 11.7 Å². The number of nitrogens with one attached hydrogen (secondary N) is 1. The van der Waals surface area contributed by atoms with Crippen LogP contribution in [0.15, 0.2) is 77.5 Å². The fraction of sp³-hybridized carbons (Fsp3) is 0.382. The summed E-state index contributed by atoms with van der Waals surface area (Å²) in [6, 6.07) is 15.8. The van der Waals surface area contributed by atoms with Gasteiger partial charge in [0, 0.05) is 42.5 Å². The third kappa shape index (κ3) is 8.84. The van der Waals surface area contributed by atoms with Crippen LogP contribution >= 0.6 is 0 Å². The van der Waals surface area contributed by atoms with E-state index >= 15 is 0 Å². The van der Waals surface area contributed by atoms with Gasteiger partial charge in [-0.2, -0.15) is 13.2 Å². The Morgan fingerprint density at radius 3 is 2.34 bits per heavy atom. The van der Waals surface area contributed by atoms with Gasteiger partial charge in [-0.3, -0.25) is 14.6 Å². The molecule has 1 fully saturated rings. The molecule has 44 heavy (non-hydrogen) atoms. The third-order valence-electron chi connectivity index (χ3n) is 7.35. The molecule has 234 valence electrons. The maximum Gasteiger partial charge on any atom is 0.416 e. The van der Waals surface area contributed by atoms with Gasteiger partial charge in [-0.05, 0) is 74.7 Å². The number of fused-ring (bicyclic) bond motifs is 1. The van der Waals surface area contributed by atoms with Gasteiger partial charge in [-0.15, -0.1) is 0 Å². The molecule has 0 bridgehead atoms. The van der Waals surface area contributed by atoms with Crippen LogP contribution in [0, 0.1) is 6.92 Å². The number of benzene rings is 2. The third-order valence-corrected chi connectivity index (χ3v) is 7.35. The molecular weight excluding hydrogens is 571 g/mol. The fourth-order valence-electron chi connectivity index (χ4n) is 5.04. The minimum absolute atomic E-state index is 0.0464. The molecule has 1 aliphatic heterocycles. The van der Waals surface area contributed by atoms with E-state index in [0.717, 1.165) is 54.5 Å². The molecule has 3 heterocycles. The zero-order valence-corrected chi connectivity index (χ0v) is 25.2. The van der Waals surface area contributed by atoms with Crippen LogP contribution in [0.3, 0.4) is 0 Å². The molecule has 2 amide bonds. The average molecular weight is 610 g/mol. The first-order chi connectivity index (χ1) is 21.1. The molecule has 0 radical (unpaired) electrons. The van der Waals surface area contributed by atoms with E-state index in [0.29, 0.717) is 30.7 Å². The number of ether oxygens (including phenoxy) is 1. The number of carbonyl (C=O) groups is 2. The molecule has 5 rings (SSSR count). The van der Waals surface area contributed by atoms with Gasteiger partial charge in [0.15, 0.2) is 5.76 Å². The molecule has 1 N–H and O–H groups in total. The number of nitrogens with zero attached hydrogens (tertiary/aromatic N) is 2. The van der Waals surface area contributed by atoms with Crippen LogP contribution in [-0.4, -0.2) is 46.9 Å². The molecule has 4 aromatic rings. The van der Waals surface area contributed by atoms with Gasteiger partial charge in [0.2, 0.25) is 0 Å². The SMILES string of the molecule is CCCC(CCC)Oc1ccc2oc(C(=O)N[C@@H]3CCN(C(=O)c4ccncc4)C3)cc2c1.Cc1ccc(C(F)(F)F)cc1. The van der Waals surface area contributed by atoms with Gasteiger partial charge in [-0.25, -0.2) is 0 Å². The second kappa shape index (κ2) is 14.9. The highest BCUT2D eigenvalue weighted by Gasteiger charge is 2.30. The smallest absolute Gasteiger partial charge is 0.416 e. The first kappa shape index (κ1) is 32.6. The van der Waals surface area contributed by atoms with E-state index in [4.69, 9.17) is 9.15 Å². The lowest BCUT2D eigenvalue weighted by molar-refractivity contribution is -0.137. The van der Waals surface area contributed by atoms with E-state index in [1.807, 2.05) is 18.2 Å². The number of rotatable bonds is 9. The number of carbonyl (C=O) groups excluding carboxylic acids is 2. The Balaban J connectivity index is 0.000000339. The van der Waals surface area contributed by atoms with E-state index in [1.165, 1.54) is 12.1 Å². The molecule has 1 saturated heterocycles. The number of likely N-dealkylation sites (tertiary alicyclic amines) is 1. The minimum Gasteiger partial charge on any atom is -0.490 e. The molecule has 10 heteroatoms. The summed E-state index contributed by atoms with van der Waals surface area (Å²) in [7, 11) is 0. The molecule has 0 saturated carbocycles. The Kier molecular flexibility index (Phi) is 11.0. The van der Waals surface area contributed by atoms with Crippen molar-refractivity contribution in [1.29, 1.82) is 0 Å². The van der Waals surface area contributed by atoms with Gasteiger partial charge in [-0.1, -0.05) is 44.4 Å². The van der Waals surface area contributed by atoms with Gasteiger partial charge in [0.1, 0.15) is 11.3 Å². The number of aromatic nitrogens is 1. The number of alkyl halides is 3. The van der Waals surface area contributed by atoms with Crippen LogP contribution in [0.4, 0.5) is 13.2 Å². The highest BCUT2D eigenvalue weighted by atomic mass is 19.4. The van der Waals surface area contributed by atoms with Gasteiger partial charge < -0.3 is 19.4 Å². The number of pyridine rings is 1. The van der Waals surface area contributed by atoms with E-state index in [9.17, 15) is 22.8 Å². The fourth-order valence-corrected chi connectivity index (χ4v) is 5.04. The highest BCUT2D eigenvalue weighted by Crippen LogP contribution is 2.29. The van der Waals surface area contributed by atoms with E-state index in [2.05, 4.69) is 24.1 Å². The van der Waals surface area contributed by atoms with Crippen molar-refractivity contribution in [2.24, 2.45) is 0 Å². The average Bonchev–Trinajstić information content (AvgIpc) is 3.65. The largest absolute Gasteiger partial charge is 0.490 e. The highest BCUT2D eigenvalue weighted by molar-refractivity contribution is 5.97. The van der Waals surface area contributed by atoms with Crippen LogP contribution in [0.2, 0.25) is 0 Å². The van der Waals surface area contributed by atoms with Crippen molar-refractivity contribution in [2.75, 3.05) is 13.1 Å². The van der Waals surface area contributed by atoms with Crippen LogP contribution < -0.4 is 10.1 Å². The Morgan fingerprint density at radius 2 is 1.70 bits per heavy atom. The lowest BCUT2D eigenvalue weighted by Gasteiger charge is -2.17. The quantitative estimate of drug-likeness (QED) is 0.209. The Labute approximate surface area is 255 Å². The number of furan rings is 1. The molecular formula is C34H38F3N3O4. The van der Waals surface area contributed by atoms with Crippen molar-refractivity contribution >= 4 is 22.8 Å². The lowest BCUT2D eigenvalue weighted by Crippen LogP contribution is -2.38. The van der Waals surface area contributed by atoms with Crippen molar-refractivity contribution in [3.05, 3.63) is 95.5 Å². The van der Waals surface area contributed by atoms with E-state index < -0.39 is 11.7 Å². The zero-order valence-electron chi connectivity index (χ0n) is 25.2. The summed E-state index contributed by atoms with van der Waals surface area (Å²) < 4.78 is 47.7. The first-order valence-corrected chi connectivity index (χ1v) is 14.9. The standard InChI is InChI=1S/C26H31N3O4.C8H7F3/c1-3-5-21(6-4-2)32-22-7-8-23-19(15-22)16-24(33-23)25(30)28-20-11-14-29(17-20)26(31)18-9-12-27-13-10-18;1-6-2-4-7(5-3-6)8(9,10)11/h7-10,12-13,15-16,20-21H,3-6,11,14,17H2,1-2H3,(H,28,30);2-5H,1H3/t20-;/m1./s1. The summed E-state index contributed by atoms with van der Waals surface area (Å²) in [4.78, 5) is 31.1. The summed E-state index contributed by atoms with van der Waals surface area (Å²) in [5.74, 6) is 0.740. The molecule has 0 aliphatic carbocycles. The predicted molar refractivity (Wildman–Crippen MR) is 163 cm³/mol. The Bertz CT molecular complexity index is 1510. The predicted octanol–water partition coefficient (Wildman–Crippen LogP) is 7.83. The summed E-state index contributed by atoms with van der Waals surface area (Å²) in [5, 5.41) is 3.84. The second-order valence-corrected chi connectivity index (χ2v) is 10.9. The Hall–Kier alpha value is -4.34. The number of hydrogen-bond acceptors (Lipinski definition) is 5. The molecule has 0 unspecified atom stereocenters. The van der Waals surface area contributed by atoms with Gasteiger partial charge in [0.25, 0.3) is 11.8 Å². The molecule has 2 aromatic heterocycles. The monoisotopic (exact) mass is 609 g/mol. The molecule has 7 nitrogen and oxygen atoms in total. The van der Waals surface area contributed by atoms with E-state index in [1.54, 1.807) is 42.4 Å². The summed E-state index contributed by atoms with van der Waals surface area (Å²) in [6.45, 7) is 7.15. The van der Waals surface area contributed by atoms with Crippen molar-refractivity contribution in [2.45, 2.75) is 71.2 Å². The maximum absolute atomic E-state index is 12.8. The Morgan fingerprint density at radius 1 is 1.02 bits per heavy atom. The number of amides is 2. The zero-order chi connectivity index (χ0) is 31.7. The normalized spacial score (nSPS) is 14.8. The van der Waals surface area contributed by atoms with Crippen LogP contribution in [0.5, 0.6) is 5.75 Å². The second-order valence-electron chi connectivity index (χ2n) is 10.9. The van der Waals surface area contributed by atoms with Crippen molar-refractivity contribution in [3.8, 4) is 5.75 Å².